The lowest BCUT2D eigenvalue weighted by Crippen LogP contribution is -2.41. The number of amides is 1. The van der Waals surface area contributed by atoms with Crippen LogP contribution in [0.3, 0.4) is 0 Å². The van der Waals surface area contributed by atoms with Crippen molar-refractivity contribution in [1.29, 1.82) is 0 Å². The Bertz CT molecular complexity index is 1210. The van der Waals surface area contributed by atoms with E-state index in [-0.39, 0.29) is 18.0 Å². The SMILES string of the molecule is CCN(c1c(C)c(C(=O)NCc2c(OC)cc(C)[nH]c2=O)nc2ccnn12)C1CCOCC1. The maximum absolute atomic E-state index is 13.2. The molecule has 1 aliphatic heterocycles. The number of carbonyl (C=O) groups excluding carboxylic acids is 1. The lowest BCUT2D eigenvalue weighted by Gasteiger charge is -2.36. The van der Waals surface area contributed by atoms with Gasteiger partial charge in [-0.05, 0) is 39.7 Å². The summed E-state index contributed by atoms with van der Waals surface area (Å²) in [6, 6.07) is 3.81. The molecule has 0 atom stereocenters. The van der Waals surface area contributed by atoms with E-state index in [4.69, 9.17) is 9.47 Å². The first-order chi connectivity index (χ1) is 15.9. The highest BCUT2D eigenvalue weighted by Gasteiger charge is 2.27. The third kappa shape index (κ3) is 4.43. The number of nitrogens with zero attached hydrogens (tertiary/aromatic N) is 4. The largest absolute Gasteiger partial charge is 0.496 e. The van der Waals surface area contributed by atoms with E-state index in [1.165, 1.54) is 7.11 Å². The molecule has 4 heterocycles. The fourth-order valence-corrected chi connectivity index (χ4v) is 4.43. The average molecular weight is 455 g/mol. The number of anilines is 1. The van der Waals surface area contributed by atoms with Crippen LogP contribution in [-0.2, 0) is 11.3 Å². The van der Waals surface area contributed by atoms with Gasteiger partial charge < -0.3 is 24.7 Å². The zero-order valence-electron chi connectivity index (χ0n) is 19.5. The van der Waals surface area contributed by atoms with Gasteiger partial charge in [0.05, 0.1) is 25.4 Å². The third-order valence-electron chi connectivity index (χ3n) is 6.08. The van der Waals surface area contributed by atoms with E-state index in [2.05, 4.69) is 32.2 Å². The summed E-state index contributed by atoms with van der Waals surface area (Å²) in [4.78, 5) is 35.2. The summed E-state index contributed by atoms with van der Waals surface area (Å²) < 4.78 is 12.7. The van der Waals surface area contributed by atoms with Crippen LogP contribution in [0.15, 0.2) is 23.1 Å². The van der Waals surface area contributed by atoms with E-state index >= 15 is 0 Å². The maximum Gasteiger partial charge on any atom is 0.270 e. The van der Waals surface area contributed by atoms with E-state index in [1.54, 1.807) is 29.8 Å². The Balaban J connectivity index is 1.68. The smallest absolute Gasteiger partial charge is 0.270 e. The Morgan fingerprint density at radius 1 is 1.36 bits per heavy atom. The minimum atomic E-state index is -0.359. The Morgan fingerprint density at radius 2 is 2.12 bits per heavy atom. The molecule has 1 aliphatic rings. The molecule has 10 heteroatoms. The van der Waals surface area contributed by atoms with E-state index < -0.39 is 0 Å². The van der Waals surface area contributed by atoms with Crippen LogP contribution < -0.4 is 20.5 Å². The molecule has 3 aromatic rings. The van der Waals surface area contributed by atoms with Crippen molar-refractivity contribution in [2.24, 2.45) is 0 Å². The number of fused-ring (bicyclic) bond motifs is 1. The summed E-state index contributed by atoms with van der Waals surface area (Å²) in [5, 5.41) is 7.31. The van der Waals surface area contributed by atoms with Crippen molar-refractivity contribution in [2.75, 3.05) is 31.8 Å². The molecule has 3 aromatic heterocycles. The number of nitrogens with one attached hydrogen (secondary N) is 2. The molecular weight excluding hydrogens is 424 g/mol. The van der Waals surface area contributed by atoms with E-state index in [9.17, 15) is 9.59 Å². The summed E-state index contributed by atoms with van der Waals surface area (Å²) in [6.45, 7) is 7.98. The van der Waals surface area contributed by atoms with Gasteiger partial charge in [-0.2, -0.15) is 9.61 Å². The number of aromatic nitrogens is 4. The fourth-order valence-electron chi connectivity index (χ4n) is 4.43. The molecule has 1 saturated heterocycles. The average Bonchev–Trinajstić information content (AvgIpc) is 3.28. The van der Waals surface area contributed by atoms with Gasteiger partial charge in [-0.1, -0.05) is 0 Å². The van der Waals surface area contributed by atoms with Crippen LogP contribution in [0.5, 0.6) is 5.75 Å². The lowest BCUT2D eigenvalue weighted by molar-refractivity contribution is 0.0843. The topological polar surface area (TPSA) is 114 Å². The quantitative estimate of drug-likeness (QED) is 0.561. The van der Waals surface area contributed by atoms with Crippen LogP contribution in [0.25, 0.3) is 5.65 Å². The second kappa shape index (κ2) is 9.62. The molecule has 33 heavy (non-hydrogen) atoms. The van der Waals surface area contributed by atoms with Crippen LogP contribution in [-0.4, -0.2) is 58.4 Å². The molecule has 0 spiro atoms. The van der Waals surface area contributed by atoms with Gasteiger partial charge in [0.15, 0.2) is 5.65 Å². The summed E-state index contributed by atoms with van der Waals surface area (Å²) in [5.41, 5.74) is 2.40. The molecule has 0 bridgehead atoms. The van der Waals surface area contributed by atoms with E-state index in [0.29, 0.717) is 47.6 Å². The van der Waals surface area contributed by atoms with Gasteiger partial charge in [-0.15, -0.1) is 0 Å². The van der Waals surface area contributed by atoms with Gasteiger partial charge in [0, 0.05) is 43.1 Å². The second-order valence-corrected chi connectivity index (χ2v) is 8.15. The minimum absolute atomic E-state index is 0.0238. The predicted molar refractivity (Wildman–Crippen MR) is 124 cm³/mol. The highest BCUT2D eigenvalue weighted by atomic mass is 16.5. The Hall–Kier alpha value is -3.40. The maximum atomic E-state index is 13.2. The van der Waals surface area contributed by atoms with Gasteiger partial charge in [0.1, 0.15) is 17.3 Å². The highest BCUT2D eigenvalue weighted by molar-refractivity contribution is 5.95. The van der Waals surface area contributed by atoms with Crippen LogP contribution in [0, 0.1) is 13.8 Å². The van der Waals surface area contributed by atoms with Crippen molar-refractivity contribution in [1.82, 2.24) is 24.9 Å². The van der Waals surface area contributed by atoms with Crippen LogP contribution in [0.1, 0.15) is 47.1 Å². The molecule has 0 radical (unpaired) electrons. The number of carbonyl (C=O) groups is 1. The highest BCUT2D eigenvalue weighted by Crippen LogP contribution is 2.28. The standard InChI is InChI=1S/C23H30N6O4/c1-5-28(16-7-10-33-11-8-16)23-15(3)20(27-19-6-9-25-29(19)23)22(31)24-13-17-18(32-4)12-14(2)26-21(17)30/h6,9,12,16H,5,7-8,10-11,13H2,1-4H3,(H,24,31)(H,26,30). The van der Waals surface area contributed by atoms with Crippen molar-refractivity contribution >= 4 is 17.4 Å². The number of methoxy groups -OCH3 is 1. The normalized spacial score (nSPS) is 14.4. The van der Waals surface area contributed by atoms with E-state index in [1.807, 2.05) is 6.92 Å². The predicted octanol–water partition coefficient (Wildman–Crippen LogP) is 1.98. The molecule has 0 aromatic carbocycles. The monoisotopic (exact) mass is 454 g/mol. The van der Waals surface area contributed by atoms with Crippen molar-refractivity contribution in [2.45, 2.75) is 46.2 Å². The third-order valence-corrected chi connectivity index (χ3v) is 6.08. The number of aromatic amines is 1. The summed E-state index contributed by atoms with van der Waals surface area (Å²) in [6.07, 6.45) is 3.51. The number of hydrogen-bond acceptors (Lipinski definition) is 7. The van der Waals surface area contributed by atoms with Crippen molar-refractivity contribution < 1.29 is 14.3 Å². The lowest BCUT2D eigenvalue weighted by atomic mass is 10.1. The Labute approximate surface area is 191 Å². The zero-order valence-corrected chi connectivity index (χ0v) is 19.5. The van der Waals surface area contributed by atoms with Gasteiger partial charge in [-0.25, -0.2) is 4.98 Å². The first kappa shape index (κ1) is 22.8. The van der Waals surface area contributed by atoms with Crippen molar-refractivity contribution in [3.63, 3.8) is 0 Å². The van der Waals surface area contributed by atoms with Crippen molar-refractivity contribution in [3.8, 4) is 5.75 Å². The molecule has 1 amide bonds. The molecule has 1 fully saturated rings. The first-order valence-electron chi connectivity index (χ1n) is 11.2. The first-order valence-corrected chi connectivity index (χ1v) is 11.2. The molecule has 0 aliphatic carbocycles. The molecule has 0 unspecified atom stereocenters. The molecule has 10 nitrogen and oxygen atoms in total. The van der Waals surface area contributed by atoms with Gasteiger partial charge in [-0.3, -0.25) is 9.59 Å². The number of ether oxygens (including phenoxy) is 2. The molecular formula is C23H30N6O4. The minimum Gasteiger partial charge on any atom is -0.496 e. The van der Waals surface area contributed by atoms with Gasteiger partial charge in [0.25, 0.3) is 11.5 Å². The van der Waals surface area contributed by atoms with E-state index in [0.717, 1.165) is 30.8 Å². The van der Waals surface area contributed by atoms with Gasteiger partial charge >= 0.3 is 0 Å². The molecule has 2 N–H and O–H groups in total. The molecule has 4 rings (SSSR count). The summed E-state index contributed by atoms with van der Waals surface area (Å²) >= 11 is 0. The zero-order chi connectivity index (χ0) is 23.5. The fraction of sp³-hybridized carbons (Fsp3) is 0.478. The Morgan fingerprint density at radius 3 is 2.82 bits per heavy atom. The van der Waals surface area contributed by atoms with Crippen LogP contribution in [0.2, 0.25) is 0 Å². The number of hydrogen-bond donors (Lipinski definition) is 2. The van der Waals surface area contributed by atoms with Crippen molar-refractivity contribution in [3.05, 3.63) is 51.2 Å². The van der Waals surface area contributed by atoms with Crippen LogP contribution >= 0.6 is 0 Å². The summed E-state index contributed by atoms with van der Waals surface area (Å²) in [7, 11) is 1.50. The molecule has 176 valence electrons. The van der Waals surface area contributed by atoms with Gasteiger partial charge in [0.2, 0.25) is 0 Å². The molecule has 0 saturated carbocycles. The number of aryl methyl sites for hydroxylation is 1. The summed E-state index contributed by atoms with van der Waals surface area (Å²) in [5.74, 6) is 0.933. The Kier molecular flexibility index (Phi) is 6.64. The van der Waals surface area contributed by atoms with Crippen LogP contribution in [0.4, 0.5) is 5.82 Å². The second-order valence-electron chi connectivity index (χ2n) is 8.15. The number of H-pyrrole nitrogens is 1. The number of pyridine rings is 1. The number of rotatable bonds is 7.